The Morgan fingerprint density at radius 2 is 2.00 bits per heavy atom. The summed E-state index contributed by atoms with van der Waals surface area (Å²) in [5, 5.41) is 8.23. The summed E-state index contributed by atoms with van der Waals surface area (Å²) in [4.78, 5) is 0. The Morgan fingerprint density at radius 1 is 1.23 bits per heavy atom. The average Bonchev–Trinajstić information content (AvgIpc) is 2.34. The van der Waals surface area contributed by atoms with E-state index in [2.05, 4.69) is 5.32 Å². The number of nitrogens with two attached hydrogens (primary N) is 1. The van der Waals surface area contributed by atoms with Crippen molar-refractivity contribution in [2.24, 2.45) is 11.1 Å². The van der Waals surface area contributed by atoms with Crippen LogP contribution in [0, 0.1) is 5.92 Å². The molecule has 3 N–H and O–H groups in total. The van der Waals surface area contributed by atoms with E-state index in [0.717, 1.165) is 25.8 Å². The molecule has 0 aromatic heterocycles. The molecule has 3 aliphatic rings. The average molecular weight is 204 g/mol. The quantitative estimate of drug-likeness (QED) is 0.621. The summed E-state index contributed by atoms with van der Waals surface area (Å²) in [7, 11) is -3.32. The van der Waals surface area contributed by atoms with Gasteiger partial charge in [0.1, 0.15) is 0 Å². The van der Waals surface area contributed by atoms with E-state index in [4.69, 9.17) is 5.14 Å². The van der Waals surface area contributed by atoms with Gasteiger partial charge >= 0.3 is 0 Å². The van der Waals surface area contributed by atoms with Crippen molar-refractivity contribution in [2.75, 3.05) is 6.54 Å². The van der Waals surface area contributed by atoms with Crippen molar-refractivity contribution in [3.05, 3.63) is 0 Å². The highest BCUT2D eigenvalue weighted by Crippen LogP contribution is 2.30. The van der Waals surface area contributed by atoms with Gasteiger partial charge in [-0.2, -0.15) is 0 Å². The minimum atomic E-state index is -3.32. The molecule has 4 nitrogen and oxygen atoms in total. The van der Waals surface area contributed by atoms with Gasteiger partial charge < -0.3 is 5.32 Å². The number of nitrogens with one attached hydrogen (secondary N) is 1. The third-order valence-corrected chi connectivity index (χ3v) is 4.54. The Balaban J connectivity index is 2.16. The van der Waals surface area contributed by atoms with Crippen molar-refractivity contribution in [3.8, 4) is 0 Å². The summed E-state index contributed by atoms with van der Waals surface area (Å²) in [6.07, 6.45) is 3.72. The fourth-order valence-corrected chi connectivity index (χ4v) is 3.47. The summed E-state index contributed by atoms with van der Waals surface area (Å²) in [5.41, 5.74) is 0. The molecule has 3 rings (SSSR count). The molecular formula is C8H16N2O2S. The van der Waals surface area contributed by atoms with Crippen molar-refractivity contribution < 1.29 is 8.42 Å². The van der Waals surface area contributed by atoms with E-state index < -0.39 is 10.0 Å². The molecule has 0 amide bonds. The monoisotopic (exact) mass is 204 g/mol. The highest BCUT2D eigenvalue weighted by molar-refractivity contribution is 7.89. The second-order valence-electron chi connectivity index (χ2n) is 4.23. The van der Waals surface area contributed by atoms with Gasteiger partial charge in [0.25, 0.3) is 0 Å². The maximum atomic E-state index is 11.2. The van der Waals surface area contributed by atoms with Crippen molar-refractivity contribution in [3.63, 3.8) is 0 Å². The first-order valence-corrected chi connectivity index (χ1v) is 6.41. The van der Waals surface area contributed by atoms with Crippen LogP contribution in [0.2, 0.25) is 0 Å². The molecular weight excluding hydrogens is 188 g/mol. The molecule has 3 fully saturated rings. The summed E-state index contributed by atoms with van der Waals surface area (Å²) in [5.74, 6) is 0.516. The zero-order valence-corrected chi connectivity index (χ0v) is 8.39. The number of hydrogen-bond acceptors (Lipinski definition) is 3. The first-order valence-electron chi connectivity index (χ1n) is 4.80. The molecule has 2 bridgehead atoms. The van der Waals surface area contributed by atoms with Crippen LogP contribution in [0.4, 0.5) is 0 Å². The standard InChI is InChI=1S/C8H16N2O2S/c9-13(11,12)8-3-6-1-2-7(4-8)10-5-6/h6-8,10H,1-5H2,(H2,9,11,12)/t6-,7-,8+/m0/s1. The molecule has 5 heteroatoms. The molecule has 0 spiro atoms. The van der Waals surface area contributed by atoms with Gasteiger partial charge in [0.05, 0.1) is 5.25 Å². The smallest absolute Gasteiger partial charge is 0.212 e. The number of fused-ring (bicyclic) bond motifs is 4. The van der Waals surface area contributed by atoms with E-state index in [1.54, 1.807) is 0 Å². The summed E-state index contributed by atoms with van der Waals surface area (Å²) in [6.45, 7) is 0.969. The molecule has 1 aliphatic carbocycles. The van der Waals surface area contributed by atoms with E-state index in [9.17, 15) is 8.42 Å². The van der Waals surface area contributed by atoms with Crippen LogP contribution >= 0.6 is 0 Å². The molecule has 76 valence electrons. The molecule has 0 radical (unpaired) electrons. The summed E-state index contributed by atoms with van der Waals surface area (Å²) >= 11 is 0. The highest BCUT2D eigenvalue weighted by Gasteiger charge is 2.35. The van der Waals surface area contributed by atoms with Gasteiger partial charge in [0.15, 0.2) is 0 Å². The number of hydrogen-bond donors (Lipinski definition) is 2. The van der Waals surface area contributed by atoms with Gasteiger partial charge in [-0.3, -0.25) is 0 Å². The maximum absolute atomic E-state index is 11.2. The molecule has 13 heavy (non-hydrogen) atoms. The van der Waals surface area contributed by atoms with E-state index in [0.29, 0.717) is 18.4 Å². The van der Waals surface area contributed by atoms with E-state index in [-0.39, 0.29) is 5.25 Å². The molecule has 2 saturated heterocycles. The Kier molecular flexibility index (Phi) is 2.33. The predicted octanol–water partition coefficient (Wildman–Crippen LogP) is -0.194. The van der Waals surface area contributed by atoms with Crippen LogP contribution in [0.3, 0.4) is 0 Å². The topological polar surface area (TPSA) is 72.2 Å². The number of piperidine rings is 1. The molecule has 2 heterocycles. The predicted molar refractivity (Wildman–Crippen MR) is 50.6 cm³/mol. The molecule has 2 aliphatic heterocycles. The van der Waals surface area contributed by atoms with Gasteiger partial charge in [-0.25, -0.2) is 13.6 Å². The lowest BCUT2D eigenvalue weighted by Crippen LogP contribution is -2.36. The fourth-order valence-electron chi connectivity index (χ4n) is 2.43. The molecule has 0 unspecified atom stereocenters. The minimum absolute atomic E-state index is 0.306. The van der Waals surface area contributed by atoms with Crippen LogP contribution in [-0.4, -0.2) is 26.3 Å². The van der Waals surface area contributed by atoms with Gasteiger partial charge in [-0.1, -0.05) is 0 Å². The molecule has 1 saturated carbocycles. The van der Waals surface area contributed by atoms with E-state index in [1.807, 2.05) is 0 Å². The lowest BCUT2D eigenvalue weighted by Gasteiger charge is -2.23. The van der Waals surface area contributed by atoms with Crippen molar-refractivity contribution in [2.45, 2.75) is 37.0 Å². The minimum Gasteiger partial charge on any atom is -0.314 e. The SMILES string of the molecule is NS(=O)(=O)[C@@H]1C[C@@H]2CC[C@@H](C1)NC2. The lowest BCUT2D eigenvalue weighted by atomic mass is 9.97. The maximum Gasteiger partial charge on any atom is 0.212 e. The van der Waals surface area contributed by atoms with Crippen LogP contribution in [0.25, 0.3) is 0 Å². The summed E-state index contributed by atoms with van der Waals surface area (Å²) < 4.78 is 22.4. The second kappa shape index (κ2) is 3.22. The highest BCUT2D eigenvalue weighted by atomic mass is 32.2. The van der Waals surface area contributed by atoms with Crippen molar-refractivity contribution in [1.82, 2.24) is 5.32 Å². The zero-order valence-electron chi connectivity index (χ0n) is 7.57. The number of rotatable bonds is 1. The third-order valence-electron chi connectivity index (χ3n) is 3.23. The molecule has 0 aromatic carbocycles. The lowest BCUT2D eigenvalue weighted by molar-refractivity contribution is 0.342. The fraction of sp³-hybridized carbons (Fsp3) is 1.00. The Morgan fingerprint density at radius 3 is 2.54 bits per heavy atom. The van der Waals surface area contributed by atoms with Crippen LogP contribution in [0.15, 0.2) is 0 Å². The van der Waals surface area contributed by atoms with Gasteiger partial charge in [-0.15, -0.1) is 0 Å². The number of primary sulfonamides is 1. The third kappa shape index (κ3) is 2.03. The second-order valence-corrected chi connectivity index (χ2v) is 6.08. The van der Waals surface area contributed by atoms with Gasteiger partial charge in [-0.05, 0) is 38.1 Å². The van der Waals surface area contributed by atoms with Crippen LogP contribution in [0.5, 0.6) is 0 Å². The first-order chi connectivity index (χ1) is 6.05. The zero-order chi connectivity index (χ0) is 9.47. The van der Waals surface area contributed by atoms with Gasteiger partial charge in [0.2, 0.25) is 10.0 Å². The van der Waals surface area contributed by atoms with Crippen LogP contribution < -0.4 is 10.5 Å². The van der Waals surface area contributed by atoms with Crippen LogP contribution in [-0.2, 0) is 10.0 Å². The van der Waals surface area contributed by atoms with E-state index >= 15 is 0 Å². The van der Waals surface area contributed by atoms with Crippen molar-refractivity contribution in [1.29, 1.82) is 0 Å². The molecule has 3 atom stereocenters. The Labute approximate surface area is 78.9 Å². The normalized spacial score (nSPS) is 40.2. The largest absolute Gasteiger partial charge is 0.314 e. The van der Waals surface area contributed by atoms with E-state index in [1.165, 1.54) is 0 Å². The molecule has 0 aromatic rings. The summed E-state index contributed by atoms with van der Waals surface area (Å²) in [6, 6.07) is 0.377. The first kappa shape index (κ1) is 9.43. The van der Waals surface area contributed by atoms with Crippen LogP contribution in [0.1, 0.15) is 25.7 Å². The Hall–Kier alpha value is -0.130. The van der Waals surface area contributed by atoms with Gasteiger partial charge in [0, 0.05) is 6.04 Å². The Bertz CT molecular complexity index is 267. The number of sulfonamides is 1. The van der Waals surface area contributed by atoms with Crippen molar-refractivity contribution >= 4 is 10.0 Å².